The molecule has 1 aliphatic carbocycles. The highest BCUT2D eigenvalue weighted by Gasteiger charge is 2.36. The van der Waals surface area contributed by atoms with Gasteiger partial charge in [0.2, 0.25) is 4.77 Å². The van der Waals surface area contributed by atoms with Crippen LogP contribution in [0.2, 0.25) is 0 Å². The standard InChI is InChI=1S/C17H23N5S/c23-17-21(18-19-22(17)15-9-2-1-3-10-15)13-20-12-6-8-14-7-4-5-11-16(14)20/h1-3,9-10,14,16H,4-8,11-13H2/p+1/t14-,16-/m0/s1. The molecule has 1 saturated heterocycles. The van der Waals surface area contributed by atoms with Crippen molar-refractivity contribution >= 4 is 12.2 Å². The summed E-state index contributed by atoms with van der Waals surface area (Å²) < 4.78 is 4.37. The van der Waals surface area contributed by atoms with Gasteiger partial charge < -0.3 is 4.90 Å². The molecule has 0 radical (unpaired) electrons. The van der Waals surface area contributed by atoms with Crippen LogP contribution < -0.4 is 4.90 Å². The number of rotatable bonds is 3. The summed E-state index contributed by atoms with van der Waals surface area (Å²) in [5, 5.41) is 8.60. The van der Waals surface area contributed by atoms with Gasteiger partial charge in [0.25, 0.3) is 0 Å². The maximum atomic E-state index is 5.61. The predicted molar refractivity (Wildman–Crippen MR) is 91.0 cm³/mol. The van der Waals surface area contributed by atoms with Crippen molar-refractivity contribution in [3.8, 4) is 5.69 Å². The molecule has 5 nitrogen and oxygen atoms in total. The first-order valence-electron chi connectivity index (χ1n) is 8.76. The fourth-order valence-electron chi connectivity index (χ4n) is 4.36. The second kappa shape index (κ2) is 6.53. The topological polar surface area (TPSA) is 40.1 Å². The second-order valence-electron chi connectivity index (χ2n) is 6.87. The van der Waals surface area contributed by atoms with Crippen molar-refractivity contribution in [3.05, 3.63) is 35.1 Å². The van der Waals surface area contributed by atoms with Crippen LogP contribution in [0.1, 0.15) is 38.5 Å². The number of piperidine rings is 1. The third-order valence-corrected chi connectivity index (χ3v) is 5.88. The molecule has 1 N–H and O–H groups in total. The van der Waals surface area contributed by atoms with Crippen molar-refractivity contribution in [2.45, 2.75) is 51.2 Å². The zero-order valence-corrected chi connectivity index (χ0v) is 14.2. The van der Waals surface area contributed by atoms with Crippen LogP contribution in [0.3, 0.4) is 0 Å². The van der Waals surface area contributed by atoms with E-state index >= 15 is 0 Å². The van der Waals surface area contributed by atoms with Gasteiger partial charge in [-0.1, -0.05) is 24.6 Å². The van der Waals surface area contributed by atoms with E-state index in [9.17, 15) is 0 Å². The minimum atomic E-state index is 0.696. The average Bonchev–Trinajstić information content (AvgIpc) is 2.97. The summed E-state index contributed by atoms with van der Waals surface area (Å²) in [6.07, 6.45) is 8.31. The summed E-state index contributed by atoms with van der Waals surface area (Å²) in [5.74, 6) is 0.908. The van der Waals surface area contributed by atoms with Crippen LogP contribution in [0, 0.1) is 10.7 Å². The fraction of sp³-hybridized carbons (Fsp3) is 0.588. The van der Waals surface area contributed by atoms with E-state index in [1.165, 1.54) is 45.1 Å². The van der Waals surface area contributed by atoms with Gasteiger partial charge in [0.15, 0.2) is 6.67 Å². The highest BCUT2D eigenvalue weighted by molar-refractivity contribution is 7.71. The number of quaternary nitrogens is 1. The third kappa shape index (κ3) is 2.97. The van der Waals surface area contributed by atoms with Gasteiger partial charge in [0.05, 0.1) is 18.3 Å². The average molecular weight is 330 g/mol. The largest absolute Gasteiger partial charge is 0.314 e. The van der Waals surface area contributed by atoms with Crippen LogP contribution in [0.5, 0.6) is 0 Å². The Hall–Kier alpha value is -1.53. The van der Waals surface area contributed by atoms with E-state index in [0.29, 0.717) is 4.77 Å². The summed E-state index contributed by atoms with van der Waals surface area (Å²) in [4.78, 5) is 1.65. The molecule has 0 bridgehead atoms. The predicted octanol–water partition coefficient (Wildman–Crippen LogP) is 1.99. The van der Waals surface area contributed by atoms with Crippen molar-refractivity contribution < 1.29 is 4.90 Å². The normalized spacial score (nSPS) is 27.6. The van der Waals surface area contributed by atoms with Gasteiger partial charge in [0.1, 0.15) is 0 Å². The van der Waals surface area contributed by atoms with Crippen LogP contribution >= 0.6 is 12.2 Å². The van der Waals surface area contributed by atoms with Crippen molar-refractivity contribution in [3.63, 3.8) is 0 Å². The van der Waals surface area contributed by atoms with Gasteiger partial charge >= 0.3 is 0 Å². The number of hydrogen-bond acceptors (Lipinski definition) is 3. The Morgan fingerprint density at radius 2 is 1.83 bits per heavy atom. The smallest absolute Gasteiger partial charge is 0.225 e. The molecule has 122 valence electrons. The number of nitrogens with one attached hydrogen (secondary N) is 1. The van der Waals surface area contributed by atoms with Gasteiger partial charge in [-0.2, -0.15) is 9.36 Å². The molecule has 3 atom stereocenters. The lowest BCUT2D eigenvalue weighted by molar-refractivity contribution is -0.958. The number of tetrazole rings is 1. The summed E-state index contributed by atoms with van der Waals surface area (Å²) >= 11 is 5.61. The third-order valence-electron chi connectivity index (χ3n) is 5.50. The first-order valence-corrected chi connectivity index (χ1v) is 9.16. The Kier molecular flexibility index (Phi) is 4.27. The number of benzene rings is 1. The maximum absolute atomic E-state index is 5.61. The Morgan fingerprint density at radius 1 is 1.04 bits per heavy atom. The van der Waals surface area contributed by atoms with Gasteiger partial charge in [-0.25, -0.2) is 0 Å². The molecule has 23 heavy (non-hydrogen) atoms. The second-order valence-corrected chi connectivity index (χ2v) is 7.23. The van der Waals surface area contributed by atoms with Crippen LogP contribution in [0.25, 0.3) is 5.69 Å². The SMILES string of the molecule is S=c1n(C[NH+]2CCC[C@@H]3CCCC[C@@H]32)nnn1-c1ccccc1. The fourth-order valence-corrected chi connectivity index (χ4v) is 4.60. The first kappa shape index (κ1) is 15.0. The van der Waals surface area contributed by atoms with Crippen LogP contribution in [0.15, 0.2) is 30.3 Å². The molecule has 2 aromatic rings. The van der Waals surface area contributed by atoms with Crippen molar-refractivity contribution in [2.75, 3.05) is 6.54 Å². The molecule has 0 amide bonds. The molecule has 4 rings (SSSR count). The number of fused-ring (bicyclic) bond motifs is 1. The lowest BCUT2D eigenvalue weighted by Crippen LogP contribution is -3.17. The minimum Gasteiger partial charge on any atom is -0.314 e. The number of aromatic nitrogens is 4. The number of hydrogen-bond donors (Lipinski definition) is 1. The molecule has 2 heterocycles. The molecule has 1 saturated carbocycles. The number of nitrogens with zero attached hydrogens (tertiary/aromatic N) is 4. The monoisotopic (exact) mass is 330 g/mol. The maximum Gasteiger partial charge on any atom is 0.225 e. The van der Waals surface area contributed by atoms with E-state index in [-0.39, 0.29) is 0 Å². The molecular weight excluding hydrogens is 306 g/mol. The van der Waals surface area contributed by atoms with E-state index in [4.69, 9.17) is 12.2 Å². The highest BCUT2D eigenvalue weighted by atomic mass is 32.1. The number of para-hydroxylation sites is 1. The van der Waals surface area contributed by atoms with Crippen molar-refractivity contribution in [2.24, 2.45) is 5.92 Å². The summed E-state index contributed by atoms with van der Waals surface area (Å²) in [6.45, 7) is 2.09. The molecule has 1 aromatic carbocycles. The Labute approximate surface area is 141 Å². The Balaban J connectivity index is 1.55. The zero-order valence-electron chi connectivity index (χ0n) is 13.4. The minimum absolute atomic E-state index is 0.696. The quantitative estimate of drug-likeness (QED) is 0.875. The molecule has 2 fully saturated rings. The molecule has 0 spiro atoms. The van der Waals surface area contributed by atoms with Crippen LogP contribution in [0.4, 0.5) is 0 Å². The summed E-state index contributed by atoms with van der Waals surface area (Å²) in [6, 6.07) is 10.8. The van der Waals surface area contributed by atoms with Crippen LogP contribution in [-0.2, 0) is 6.67 Å². The van der Waals surface area contributed by atoms with Gasteiger partial charge in [0, 0.05) is 5.92 Å². The summed E-state index contributed by atoms with van der Waals surface area (Å²) in [7, 11) is 0. The lowest BCUT2D eigenvalue weighted by atomic mass is 9.78. The van der Waals surface area contributed by atoms with Crippen LogP contribution in [-0.4, -0.2) is 32.4 Å². The van der Waals surface area contributed by atoms with E-state index < -0.39 is 0 Å². The molecule has 1 aromatic heterocycles. The van der Waals surface area contributed by atoms with Gasteiger partial charge in [-0.05, 0) is 66.9 Å². The van der Waals surface area contributed by atoms with Gasteiger partial charge in [-0.3, -0.25) is 0 Å². The highest BCUT2D eigenvalue weighted by Crippen LogP contribution is 2.28. The molecule has 6 heteroatoms. The number of likely N-dealkylation sites (tertiary alicyclic amines) is 1. The van der Waals surface area contributed by atoms with E-state index in [0.717, 1.165) is 24.3 Å². The molecule has 1 aliphatic heterocycles. The molecule has 2 aliphatic rings. The van der Waals surface area contributed by atoms with E-state index in [1.54, 1.807) is 9.58 Å². The van der Waals surface area contributed by atoms with Crippen molar-refractivity contribution in [1.82, 2.24) is 19.8 Å². The Bertz CT molecular complexity index is 705. The van der Waals surface area contributed by atoms with Crippen molar-refractivity contribution in [1.29, 1.82) is 0 Å². The Morgan fingerprint density at radius 3 is 2.70 bits per heavy atom. The lowest BCUT2D eigenvalue weighted by Gasteiger charge is -2.40. The zero-order chi connectivity index (χ0) is 15.6. The molecule has 1 unspecified atom stereocenters. The van der Waals surface area contributed by atoms with E-state index in [1.807, 2.05) is 35.0 Å². The molecular formula is C17H24N5S+. The summed E-state index contributed by atoms with van der Waals surface area (Å²) in [5.41, 5.74) is 0.980. The van der Waals surface area contributed by atoms with E-state index in [2.05, 4.69) is 10.4 Å². The van der Waals surface area contributed by atoms with Gasteiger partial charge in [-0.15, -0.1) is 0 Å². The first-order chi connectivity index (χ1) is 11.3.